The van der Waals surface area contributed by atoms with Crippen LogP contribution in [-0.4, -0.2) is 30.1 Å². The topological polar surface area (TPSA) is 81.1 Å². The number of halogens is 4. The van der Waals surface area contributed by atoms with E-state index in [-0.39, 0.29) is 10.7 Å². The van der Waals surface area contributed by atoms with Gasteiger partial charge in [-0.25, -0.2) is 22.5 Å². The highest BCUT2D eigenvalue weighted by molar-refractivity contribution is 7.89. The average molecular weight is 437 g/mol. The number of benzene rings is 1. The predicted molar refractivity (Wildman–Crippen MR) is 98.4 cm³/mol. The van der Waals surface area contributed by atoms with Crippen molar-refractivity contribution in [3.8, 4) is 5.69 Å². The summed E-state index contributed by atoms with van der Waals surface area (Å²) in [7, 11) is -3.85. The molecule has 0 saturated carbocycles. The van der Waals surface area contributed by atoms with Gasteiger partial charge in [-0.2, -0.15) is 0 Å². The van der Waals surface area contributed by atoms with E-state index >= 15 is 0 Å². The fourth-order valence-corrected chi connectivity index (χ4v) is 3.44. The molecule has 0 saturated heterocycles. The number of nitrogens with one attached hydrogen (secondary N) is 1. The third-order valence-electron chi connectivity index (χ3n) is 3.38. The van der Waals surface area contributed by atoms with E-state index in [0.29, 0.717) is 21.1 Å². The molecular weight excluding hydrogens is 428 g/mol. The molecule has 0 fully saturated rings. The van der Waals surface area contributed by atoms with Crippen molar-refractivity contribution in [3.05, 3.63) is 57.0 Å². The highest BCUT2D eigenvalue weighted by Gasteiger charge is 2.20. The second kappa shape index (κ2) is 6.70. The Morgan fingerprint density at radius 1 is 1.19 bits per heavy atom. The van der Waals surface area contributed by atoms with Gasteiger partial charge in [0.15, 0.2) is 0 Å². The molecule has 0 radical (unpaired) electrons. The number of carbonyl (C=O) groups excluding carboxylic acids is 1. The normalized spacial score (nSPS) is 11.7. The van der Waals surface area contributed by atoms with Crippen molar-refractivity contribution in [3.63, 3.8) is 0 Å². The Bertz CT molecular complexity index is 1160. The maximum atomic E-state index is 14.4. The Balaban J connectivity index is 2.14. The van der Waals surface area contributed by atoms with Crippen molar-refractivity contribution in [1.82, 2.24) is 14.3 Å². The van der Waals surface area contributed by atoms with Crippen LogP contribution in [0.4, 0.5) is 4.39 Å². The molecule has 0 unspecified atom stereocenters. The van der Waals surface area contributed by atoms with E-state index < -0.39 is 27.3 Å². The third kappa shape index (κ3) is 3.64. The van der Waals surface area contributed by atoms with Crippen molar-refractivity contribution in [1.29, 1.82) is 0 Å². The number of aromatic nitrogens is 2. The Morgan fingerprint density at radius 3 is 2.54 bits per heavy atom. The summed E-state index contributed by atoms with van der Waals surface area (Å²) in [4.78, 5) is 16.1. The number of pyridine rings is 1. The zero-order chi connectivity index (χ0) is 19.2. The first-order valence-corrected chi connectivity index (χ1v) is 9.93. The van der Waals surface area contributed by atoms with Crippen LogP contribution in [0.15, 0.2) is 30.6 Å². The number of hydrogen-bond acceptors (Lipinski definition) is 4. The van der Waals surface area contributed by atoms with Crippen LogP contribution < -0.4 is 4.72 Å². The number of nitrogens with zero attached hydrogens (tertiary/aromatic N) is 2. The lowest BCUT2D eigenvalue weighted by molar-refractivity contribution is 0.0978. The highest BCUT2D eigenvalue weighted by Crippen LogP contribution is 2.32. The zero-order valence-electron chi connectivity index (χ0n) is 12.9. The van der Waals surface area contributed by atoms with Gasteiger partial charge >= 0.3 is 0 Å². The summed E-state index contributed by atoms with van der Waals surface area (Å²) in [5.41, 5.74) is 0.0450. The Kier molecular flexibility index (Phi) is 4.87. The maximum Gasteiger partial charge on any atom is 0.267 e. The van der Waals surface area contributed by atoms with Gasteiger partial charge in [-0.1, -0.05) is 34.8 Å². The zero-order valence-corrected chi connectivity index (χ0v) is 16.0. The lowest BCUT2D eigenvalue weighted by Crippen LogP contribution is -2.30. The highest BCUT2D eigenvalue weighted by atomic mass is 35.5. The van der Waals surface area contributed by atoms with Gasteiger partial charge in [0.1, 0.15) is 11.5 Å². The summed E-state index contributed by atoms with van der Waals surface area (Å²) >= 11 is 18.2. The van der Waals surface area contributed by atoms with Crippen LogP contribution in [0.25, 0.3) is 16.7 Å². The molecule has 1 amide bonds. The van der Waals surface area contributed by atoms with Crippen LogP contribution >= 0.6 is 34.8 Å². The molecule has 0 atom stereocenters. The molecule has 136 valence electrons. The predicted octanol–water partition coefficient (Wildman–Crippen LogP) is 3.81. The smallest absolute Gasteiger partial charge is 0.267 e. The molecule has 0 aliphatic rings. The Morgan fingerprint density at radius 2 is 1.88 bits per heavy atom. The van der Waals surface area contributed by atoms with Crippen molar-refractivity contribution in [2.45, 2.75) is 0 Å². The minimum atomic E-state index is -3.85. The van der Waals surface area contributed by atoms with E-state index in [1.807, 2.05) is 0 Å². The molecule has 0 aliphatic heterocycles. The standard InChI is InChI=1S/C15H9Cl3FN3O3S/c1-26(24,25)21-15(23)9-3-10(17)13(4-12(9)19)22-6-11(18)8-2-7(16)5-20-14(8)22/h2-6H,1H3,(H,21,23). The minimum Gasteiger partial charge on any atom is -0.298 e. The Hall–Kier alpha value is -1.87. The summed E-state index contributed by atoms with van der Waals surface area (Å²) in [5, 5.41) is 1.23. The summed E-state index contributed by atoms with van der Waals surface area (Å²) in [5.74, 6) is -2.09. The SMILES string of the molecule is CS(=O)(=O)NC(=O)c1cc(Cl)c(-n2cc(Cl)c3cc(Cl)cnc32)cc1F. The van der Waals surface area contributed by atoms with Crippen molar-refractivity contribution in [2.24, 2.45) is 0 Å². The molecule has 2 aromatic heterocycles. The first-order valence-electron chi connectivity index (χ1n) is 6.90. The van der Waals surface area contributed by atoms with Gasteiger partial charge in [0.05, 0.1) is 32.6 Å². The lowest BCUT2D eigenvalue weighted by Gasteiger charge is -2.10. The van der Waals surface area contributed by atoms with Crippen LogP contribution in [0.3, 0.4) is 0 Å². The molecule has 0 aliphatic carbocycles. The van der Waals surface area contributed by atoms with E-state index in [1.54, 1.807) is 10.8 Å². The van der Waals surface area contributed by atoms with Crippen LogP contribution in [-0.2, 0) is 10.0 Å². The molecule has 1 N–H and O–H groups in total. The van der Waals surface area contributed by atoms with Crippen molar-refractivity contribution < 1.29 is 17.6 Å². The summed E-state index contributed by atoms with van der Waals surface area (Å²) in [6.45, 7) is 0. The van der Waals surface area contributed by atoms with Gasteiger partial charge in [-0.15, -0.1) is 0 Å². The van der Waals surface area contributed by atoms with Crippen LogP contribution in [0, 0.1) is 5.82 Å². The summed E-state index contributed by atoms with van der Waals surface area (Å²) in [6.07, 6.45) is 3.66. The molecule has 2 heterocycles. The number of amides is 1. The van der Waals surface area contributed by atoms with E-state index in [1.165, 1.54) is 17.0 Å². The fourth-order valence-electron chi connectivity index (χ4n) is 2.35. The minimum absolute atomic E-state index is 0.00429. The summed E-state index contributed by atoms with van der Waals surface area (Å²) < 4.78 is 39.8. The lowest BCUT2D eigenvalue weighted by atomic mass is 10.2. The molecule has 0 spiro atoms. The molecule has 11 heteroatoms. The Labute approximate surface area is 162 Å². The molecule has 6 nitrogen and oxygen atoms in total. The number of hydrogen-bond donors (Lipinski definition) is 1. The van der Waals surface area contributed by atoms with Crippen molar-refractivity contribution >= 4 is 61.8 Å². The molecule has 1 aromatic carbocycles. The van der Waals surface area contributed by atoms with E-state index in [0.717, 1.165) is 18.4 Å². The van der Waals surface area contributed by atoms with E-state index in [4.69, 9.17) is 34.8 Å². The molecule has 26 heavy (non-hydrogen) atoms. The van der Waals surface area contributed by atoms with Gasteiger partial charge in [0, 0.05) is 23.8 Å². The fraction of sp³-hybridized carbons (Fsp3) is 0.0667. The van der Waals surface area contributed by atoms with Gasteiger partial charge in [-0.3, -0.25) is 9.36 Å². The number of sulfonamides is 1. The summed E-state index contributed by atoms with van der Waals surface area (Å²) in [6, 6.07) is 3.62. The third-order valence-corrected chi connectivity index (χ3v) is 4.75. The monoisotopic (exact) mass is 435 g/mol. The van der Waals surface area contributed by atoms with Crippen LogP contribution in [0.2, 0.25) is 15.1 Å². The number of carbonyl (C=O) groups is 1. The molecule has 3 rings (SSSR count). The molecular formula is C15H9Cl3FN3O3S. The second-order valence-corrected chi connectivity index (χ2v) is 8.36. The number of fused-ring (bicyclic) bond motifs is 1. The van der Waals surface area contributed by atoms with Gasteiger partial charge < -0.3 is 0 Å². The van der Waals surface area contributed by atoms with Crippen LogP contribution in [0.1, 0.15) is 10.4 Å². The number of rotatable bonds is 3. The molecule has 0 bridgehead atoms. The van der Waals surface area contributed by atoms with Crippen LogP contribution in [0.5, 0.6) is 0 Å². The quantitative estimate of drug-likeness (QED) is 0.677. The van der Waals surface area contributed by atoms with Gasteiger partial charge in [0.25, 0.3) is 5.91 Å². The van der Waals surface area contributed by atoms with Gasteiger partial charge in [0.2, 0.25) is 10.0 Å². The molecule has 3 aromatic rings. The van der Waals surface area contributed by atoms with E-state index in [2.05, 4.69) is 4.98 Å². The first-order chi connectivity index (χ1) is 12.1. The maximum absolute atomic E-state index is 14.4. The second-order valence-electron chi connectivity index (χ2n) is 5.36. The average Bonchev–Trinajstić information content (AvgIpc) is 2.84. The van der Waals surface area contributed by atoms with Gasteiger partial charge in [-0.05, 0) is 12.1 Å². The van der Waals surface area contributed by atoms with Crippen molar-refractivity contribution in [2.75, 3.05) is 6.26 Å². The van der Waals surface area contributed by atoms with E-state index in [9.17, 15) is 17.6 Å². The largest absolute Gasteiger partial charge is 0.298 e. The first kappa shape index (κ1) is 18.9.